The van der Waals surface area contributed by atoms with Gasteiger partial charge in [-0.1, -0.05) is 0 Å². The molecular formula is C3H4ClO4S+. The van der Waals surface area contributed by atoms with Gasteiger partial charge in [0.05, 0.1) is 0 Å². The molecule has 0 atom stereocenters. The molecule has 0 unspecified atom stereocenters. The van der Waals surface area contributed by atoms with Crippen molar-refractivity contribution in [2.75, 3.05) is 6.26 Å². The van der Waals surface area contributed by atoms with E-state index in [0.717, 1.165) is 0 Å². The minimum atomic E-state index is -1.61. The summed E-state index contributed by atoms with van der Waals surface area (Å²) in [5.41, 5.74) is 0. The SMILES string of the molecule is C[S+]=O.O=C(O)C(=O)Cl. The van der Waals surface area contributed by atoms with E-state index in [0.29, 0.717) is 11.7 Å². The second-order valence-electron chi connectivity index (χ2n) is 0.746. The molecule has 52 valence electrons. The zero-order chi connectivity index (χ0) is 7.86. The first kappa shape index (κ1) is 11.3. The van der Waals surface area contributed by atoms with Crippen LogP contribution in [0.5, 0.6) is 0 Å². The van der Waals surface area contributed by atoms with Gasteiger partial charge in [-0.15, -0.1) is 0 Å². The molecule has 0 rings (SSSR count). The maximum absolute atomic E-state index is 9.31. The Bertz CT molecular complexity index is 111. The molecule has 0 saturated heterocycles. The Hall–Kier alpha value is -0.550. The highest BCUT2D eigenvalue weighted by molar-refractivity contribution is 7.64. The van der Waals surface area contributed by atoms with Crippen molar-refractivity contribution in [3.63, 3.8) is 0 Å². The van der Waals surface area contributed by atoms with E-state index in [1.165, 1.54) is 6.26 Å². The Labute approximate surface area is 60.3 Å². The van der Waals surface area contributed by atoms with Gasteiger partial charge in [0.15, 0.2) is 0 Å². The van der Waals surface area contributed by atoms with Crippen molar-refractivity contribution in [2.24, 2.45) is 0 Å². The molecule has 0 aliphatic carbocycles. The third-order valence-corrected chi connectivity index (χ3v) is 0.330. The highest BCUT2D eigenvalue weighted by Crippen LogP contribution is 1.74. The first-order valence-corrected chi connectivity index (χ1v) is 3.17. The smallest absolute Gasteiger partial charge is 0.455 e. The molecule has 0 aromatic rings. The maximum atomic E-state index is 9.31. The zero-order valence-corrected chi connectivity index (χ0v) is 6.03. The van der Waals surface area contributed by atoms with Crippen molar-refractivity contribution in [1.29, 1.82) is 0 Å². The predicted molar refractivity (Wildman–Crippen MR) is 32.5 cm³/mol. The van der Waals surface area contributed by atoms with Gasteiger partial charge in [-0.05, 0) is 11.6 Å². The standard InChI is InChI=1S/C2HClO3.CH3OS/c3-1(4)2(5)6;1-3-2/h(H,5,6);1H3/q;+1. The summed E-state index contributed by atoms with van der Waals surface area (Å²) in [5.74, 6) is -1.61. The molecule has 0 bridgehead atoms. The maximum Gasteiger partial charge on any atom is 0.455 e. The highest BCUT2D eigenvalue weighted by atomic mass is 35.5. The molecule has 0 spiro atoms. The highest BCUT2D eigenvalue weighted by Gasteiger charge is 2.02. The lowest BCUT2D eigenvalue weighted by Crippen LogP contribution is -2.02. The van der Waals surface area contributed by atoms with Crippen LogP contribution < -0.4 is 0 Å². The fraction of sp³-hybridized carbons (Fsp3) is 0.333. The number of carbonyl (C=O) groups is 2. The van der Waals surface area contributed by atoms with Crippen molar-refractivity contribution in [1.82, 2.24) is 0 Å². The van der Waals surface area contributed by atoms with Gasteiger partial charge in [0.25, 0.3) is 0 Å². The van der Waals surface area contributed by atoms with Gasteiger partial charge in [-0.2, -0.15) is 0 Å². The van der Waals surface area contributed by atoms with Crippen LogP contribution in [0, 0.1) is 0 Å². The lowest BCUT2D eigenvalue weighted by atomic mass is 10.8. The van der Waals surface area contributed by atoms with Gasteiger partial charge in [0.2, 0.25) is 6.26 Å². The molecule has 1 N–H and O–H groups in total. The molecule has 0 aromatic heterocycles. The van der Waals surface area contributed by atoms with Gasteiger partial charge < -0.3 is 5.11 Å². The molecule has 0 saturated carbocycles. The zero-order valence-electron chi connectivity index (χ0n) is 4.46. The second-order valence-corrected chi connectivity index (χ2v) is 1.42. The summed E-state index contributed by atoms with van der Waals surface area (Å²) >= 11 is 4.87. The Morgan fingerprint density at radius 3 is 1.67 bits per heavy atom. The molecule has 0 aliphatic rings. The predicted octanol–water partition coefficient (Wildman–Crippen LogP) is -0.119. The molecule has 0 radical (unpaired) electrons. The summed E-state index contributed by atoms with van der Waals surface area (Å²) in [4.78, 5) is 18.5. The van der Waals surface area contributed by atoms with E-state index < -0.39 is 11.2 Å². The van der Waals surface area contributed by atoms with E-state index in [-0.39, 0.29) is 0 Å². The second kappa shape index (κ2) is 7.45. The number of hydrogen-bond donors (Lipinski definition) is 1. The molecule has 0 heterocycles. The van der Waals surface area contributed by atoms with Crippen molar-refractivity contribution in [2.45, 2.75) is 0 Å². The molecule has 0 fully saturated rings. The fourth-order valence-electron chi connectivity index (χ4n) is 0. The van der Waals surface area contributed by atoms with Crippen molar-refractivity contribution in [3.05, 3.63) is 0 Å². The van der Waals surface area contributed by atoms with Crippen LogP contribution in [0.3, 0.4) is 0 Å². The van der Waals surface area contributed by atoms with Gasteiger partial charge in [-0.25, -0.2) is 4.79 Å². The van der Waals surface area contributed by atoms with Crippen LogP contribution in [0.15, 0.2) is 0 Å². The van der Waals surface area contributed by atoms with E-state index in [1.807, 2.05) is 0 Å². The van der Waals surface area contributed by atoms with Crippen LogP contribution in [0.4, 0.5) is 0 Å². The number of halogens is 1. The molecule has 0 amide bonds. The van der Waals surface area contributed by atoms with Gasteiger partial charge >= 0.3 is 22.9 Å². The Kier molecular flexibility index (Phi) is 9.33. The van der Waals surface area contributed by atoms with Crippen LogP contribution in [0.2, 0.25) is 0 Å². The minimum Gasteiger partial charge on any atom is -0.475 e. The van der Waals surface area contributed by atoms with E-state index >= 15 is 0 Å². The Morgan fingerprint density at radius 2 is 1.67 bits per heavy atom. The van der Waals surface area contributed by atoms with E-state index in [9.17, 15) is 9.59 Å². The number of carboxylic acid groups (broad SMARTS) is 1. The number of carboxylic acids is 1. The van der Waals surface area contributed by atoms with Crippen LogP contribution in [0.25, 0.3) is 0 Å². The number of carbonyl (C=O) groups excluding carboxylic acids is 1. The van der Waals surface area contributed by atoms with Crippen LogP contribution in [-0.2, 0) is 25.5 Å². The van der Waals surface area contributed by atoms with Crippen LogP contribution >= 0.6 is 11.6 Å². The summed E-state index contributed by atoms with van der Waals surface area (Å²) in [6, 6.07) is 0. The van der Waals surface area contributed by atoms with Gasteiger partial charge in [-0.3, -0.25) is 4.79 Å². The van der Waals surface area contributed by atoms with Gasteiger partial charge in [0.1, 0.15) is 0 Å². The average Bonchev–Trinajstić information content (AvgIpc) is 1.68. The topological polar surface area (TPSA) is 71.4 Å². The van der Waals surface area contributed by atoms with Gasteiger partial charge in [0, 0.05) is 4.21 Å². The van der Waals surface area contributed by atoms with Crippen molar-refractivity contribution >= 4 is 34.5 Å². The van der Waals surface area contributed by atoms with E-state index in [2.05, 4.69) is 11.6 Å². The third kappa shape index (κ3) is 18.6. The first-order valence-electron chi connectivity index (χ1n) is 1.65. The molecule has 6 heteroatoms. The normalized spacial score (nSPS) is 6.44. The quantitative estimate of drug-likeness (QED) is 0.339. The molecule has 9 heavy (non-hydrogen) atoms. The third-order valence-electron chi connectivity index (χ3n) is 0.168. The summed E-state index contributed by atoms with van der Waals surface area (Å²) in [7, 11) is 0. The Morgan fingerprint density at radius 1 is 1.56 bits per heavy atom. The lowest BCUT2D eigenvalue weighted by molar-refractivity contribution is -0.145. The fourth-order valence-corrected chi connectivity index (χ4v) is 0. The molecule has 0 aliphatic heterocycles. The van der Waals surface area contributed by atoms with E-state index in [1.54, 1.807) is 0 Å². The Balaban J connectivity index is 0. The minimum absolute atomic E-state index is 0.500. The summed E-state index contributed by atoms with van der Waals surface area (Å²) < 4.78 is 8.85. The summed E-state index contributed by atoms with van der Waals surface area (Å²) in [5, 5.41) is 6.16. The number of aliphatic carboxylic acids is 1. The van der Waals surface area contributed by atoms with Crippen molar-refractivity contribution < 1.29 is 18.9 Å². The monoisotopic (exact) mass is 171 g/mol. The summed E-state index contributed by atoms with van der Waals surface area (Å²) in [6.45, 7) is 0. The lowest BCUT2D eigenvalue weighted by Gasteiger charge is -1.70. The van der Waals surface area contributed by atoms with E-state index in [4.69, 9.17) is 9.32 Å². The average molecular weight is 172 g/mol. The largest absolute Gasteiger partial charge is 0.475 e. The van der Waals surface area contributed by atoms with Crippen molar-refractivity contribution in [3.8, 4) is 0 Å². The summed E-state index contributed by atoms with van der Waals surface area (Å²) in [6.07, 6.45) is 1.49. The number of rotatable bonds is 1. The first-order chi connectivity index (χ1) is 4.06. The van der Waals surface area contributed by atoms with Crippen LogP contribution in [0.1, 0.15) is 0 Å². The van der Waals surface area contributed by atoms with Crippen LogP contribution in [-0.4, -0.2) is 22.6 Å². The molecular weight excluding hydrogens is 168 g/mol. The molecule has 0 aromatic carbocycles. The molecule has 4 nitrogen and oxygen atoms in total. The number of hydrogen-bond acceptors (Lipinski definition) is 3.